The highest BCUT2D eigenvalue weighted by Gasteiger charge is 2.37. The summed E-state index contributed by atoms with van der Waals surface area (Å²) in [4.78, 5) is 32.3. The smallest absolute Gasteiger partial charge is 0.193 e. The molecule has 4 nitrogen and oxygen atoms in total. The molecule has 2 heterocycles. The number of rotatable bonds is 6. The van der Waals surface area contributed by atoms with E-state index in [1.54, 1.807) is 24.3 Å². The van der Waals surface area contributed by atoms with Crippen LogP contribution >= 0.6 is 0 Å². The SMILES string of the molecule is CC1(C)c2ccccc2N(c2ccc(C(=O)c3cccc(C(=O)c4ccc(N5c6ccccc6C(C)(C)c6ccccc65)cc4)c3)cc2)c2ccccc21. The van der Waals surface area contributed by atoms with Gasteiger partial charge in [0.1, 0.15) is 0 Å². The Morgan fingerprint density at radius 1 is 0.352 bits per heavy atom. The lowest BCUT2D eigenvalue weighted by Crippen LogP contribution is -2.30. The van der Waals surface area contributed by atoms with E-state index in [1.807, 2.05) is 48.5 Å². The molecule has 0 atom stereocenters. The Morgan fingerprint density at radius 2 is 0.648 bits per heavy atom. The Kier molecular flexibility index (Phi) is 7.75. The number of carbonyl (C=O) groups excluding carboxylic acids is 2. The average Bonchev–Trinajstić information content (AvgIpc) is 3.21. The molecule has 2 aliphatic rings. The maximum atomic E-state index is 13.9. The second kappa shape index (κ2) is 12.6. The summed E-state index contributed by atoms with van der Waals surface area (Å²) in [6, 6.07) is 56.7. The Labute approximate surface area is 317 Å². The highest BCUT2D eigenvalue weighted by molar-refractivity contribution is 6.13. The molecule has 4 heteroatoms. The summed E-state index contributed by atoms with van der Waals surface area (Å²) in [5.41, 5.74) is 13.3. The van der Waals surface area contributed by atoms with Gasteiger partial charge in [0.2, 0.25) is 0 Å². The highest BCUT2D eigenvalue weighted by Crippen LogP contribution is 2.53. The lowest BCUT2D eigenvalue weighted by Gasteiger charge is -2.42. The molecule has 7 aromatic rings. The topological polar surface area (TPSA) is 40.6 Å². The number of anilines is 6. The number of fused-ring (bicyclic) bond motifs is 4. The van der Waals surface area contributed by atoms with E-state index >= 15 is 0 Å². The van der Waals surface area contributed by atoms with Crippen LogP contribution in [0, 0.1) is 0 Å². The fourth-order valence-electron chi connectivity index (χ4n) is 8.55. The van der Waals surface area contributed by atoms with Crippen molar-refractivity contribution in [2.75, 3.05) is 9.80 Å². The summed E-state index contributed by atoms with van der Waals surface area (Å²) in [5.74, 6) is -0.255. The zero-order valence-corrected chi connectivity index (χ0v) is 30.9. The van der Waals surface area contributed by atoms with Gasteiger partial charge in [-0.25, -0.2) is 0 Å². The number of nitrogens with zero attached hydrogens (tertiary/aromatic N) is 2. The molecule has 2 aliphatic heterocycles. The number of ketones is 2. The minimum atomic E-state index is -0.146. The Balaban J connectivity index is 0.980. The van der Waals surface area contributed by atoms with E-state index in [0.29, 0.717) is 22.3 Å². The second-order valence-corrected chi connectivity index (χ2v) is 15.3. The molecule has 262 valence electrons. The first-order chi connectivity index (χ1) is 26.1. The lowest BCUT2D eigenvalue weighted by atomic mass is 9.73. The van der Waals surface area contributed by atoms with Crippen LogP contribution < -0.4 is 9.80 Å². The maximum absolute atomic E-state index is 13.9. The Hall–Kier alpha value is -6.52. The highest BCUT2D eigenvalue weighted by atomic mass is 16.1. The van der Waals surface area contributed by atoms with E-state index in [9.17, 15) is 9.59 Å². The van der Waals surface area contributed by atoms with Gasteiger partial charge in [0.05, 0.1) is 22.7 Å². The first-order valence-corrected chi connectivity index (χ1v) is 18.5. The number of carbonyl (C=O) groups is 2. The van der Waals surface area contributed by atoms with Crippen LogP contribution in [0.3, 0.4) is 0 Å². The second-order valence-electron chi connectivity index (χ2n) is 15.3. The third kappa shape index (κ3) is 5.21. The molecule has 0 N–H and O–H groups in total. The maximum Gasteiger partial charge on any atom is 0.193 e. The summed E-state index contributed by atoms with van der Waals surface area (Å²) in [5, 5.41) is 0. The summed E-state index contributed by atoms with van der Waals surface area (Å²) in [6.07, 6.45) is 0. The minimum absolute atomic E-state index is 0.127. The van der Waals surface area contributed by atoms with E-state index in [2.05, 4.69) is 135 Å². The van der Waals surface area contributed by atoms with E-state index in [0.717, 1.165) is 34.1 Å². The molecule has 0 unspecified atom stereocenters. The van der Waals surface area contributed by atoms with Gasteiger partial charge in [0, 0.05) is 44.5 Å². The summed E-state index contributed by atoms with van der Waals surface area (Å²) >= 11 is 0. The van der Waals surface area contributed by atoms with Crippen molar-refractivity contribution in [2.24, 2.45) is 0 Å². The van der Waals surface area contributed by atoms with Gasteiger partial charge in [0.25, 0.3) is 0 Å². The van der Waals surface area contributed by atoms with Crippen LogP contribution in [0.15, 0.2) is 170 Å². The fourth-order valence-corrected chi connectivity index (χ4v) is 8.55. The van der Waals surface area contributed by atoms with Gasteiger partial charge in [-0.3, -0.25) is 9.59 Å². The number of hydrogen-bond donors (Lipinski definition) is 0. The Morgan fingerprint density at radius 3 is 0.963 bits per heavy atom. The van der Waals surface area contributed by atoms with Gasteiger partial charge >= 0.3 is 0 Å². The molecule has 54 heavy (non-hydrogen) atoms. The number of hydrogen-bond acceptors (Lipinski definition) is 4. The predicted octanol–water partition coefficient (Wildman–Crippen LogP) is 12.4. The quantitative estimate of drug-likeness (QED) is 0.162. The molecule has 0 amide bonds. The lowest BCUT2D eigenvalue weighted by molar-refractivity contribution is 0.103. The molecular weight excluding hydrogens is 661 g/mol. The fraction of sp³-hybridized carbons (Fsp3) is 0.120. The molecule has 0 spiro atoms. The summed E-state index contributed by atoms with van der Waals surface area (Å²) in [7, 11) is 0. The molecular formula is C50H40N2O2. The van der Waals surface area contributed by atoms with Crippen molar-refractivity contribution in [3.63, 3.8) is 0 Å². The van der Waals surface area contributed by atoms with Crippen LogP contribution in [0.4, 0.5) is 34.1 Å². The third-order valence-electron chi connectivity index (χ3n) is 11.4. The van der Waals surface area contributed by atoms with E-state index in [4.69, 9.17) is 0 Å². The predicted molar refractivity (Wildman–Crippen MR) is 220 cm³/mol. The molecule has 0 aromatic heterocycles. The molecule has 0 fully saturated rings. The van der Waals surface area contributed by atoms with Crippen molar-refractivity contribution in [3.8, 4) is 0 Å². The van der Waals surface area contributed by atoms with Crippen molar-refractivity contribution in [1.82, 2.24) is 0 Å². The summed E-state index contributed by atoms with van der Waals surface area (Å²) in [6.45, 7) is 9.08. The van der Waals surface area contributed by atoms with Crippen molar-refractivity contribution in [1.29, 1.82) is 0 Å². The molecule has 7 aromatic carbocycles. The van der Waals surface area contributed by atoms with Crippen molar-refractivity contribution in [3.05, 3.63) is 214 Å². The van der Waals surface area contributed by atoms with Crippen LogP contribution in [0.2, 0.25) is 0 Å². The first-order valence-electron chi connectivity index (χ1n) is 18.5. The van der Waals surface area contributed by atoms with Crippen LogP contribution in [-0.2, 0) is 10.8 Å². The van der Waals surface area contributed by atoms with Crippen LogP contribution in [0.1, 0.15) is 81.8 Å². The molecule has 9 rings (SSSR count). The molecule has 0 aliphatic carbocycles. The number of para-hydroxylation sites is 4. The number of benzene rings is 7. The zero-order valence-electron chi connectivity index (χ0n) is 30.9. The molecule has 0 bridgehead atoms. The molecule has 0 saturated heterocycles. The standard InChI is InChI=1S/C50H40N2O2/c1-49(2)39-16-5-9-20-43(39)51(44-21-10-6-17-40(44)49)37-28-24-33(25-29-37)47(53)35-14-13-15-36(32-35)48(54)34-26-30-38(31-27-34)52-45-22-11-7-18-41(45)50(3,4)42-19-8-12-23-46(42)52/h5-32H,1-4H3. The summed E-state index contributed by atoms with van der Waals surface area (Å²) < 4.78 is 0. The van der Waals surface area contributed by atoms with Gasteiger partial charge in [-0.1, -0.05) is 119 Å². The van der Waals surface area contributed by atoms with Crippen molar-refractivity contribution >= 4 is 45.7 Å². The van der Waals surface area contributed by atoms with E-state index in [1.165, 1.54) is 22.3 Å². The van der Waals surface area contributed by atoms with E-state index < -0.39 is 0 Å². The normalized spacial score (nSPS) is 14.7. The van der Waals surface area contributed by atoms with Crippen molar-refractivity contribution in [2.45, 2.75) is 38.5 Å². The third-order valence-corrected chi connectivity index (χ3v) is 11.4. The average molecular weight is 701 g/mol. The Bertz CT molecular complexity index is 2320. The van der Waals surface area contributed by atoms with E-state index in [-0.39, 0.29) is 22.4 Å². The molecule has 0 saturated carbocycles. The van der Waals surface area contributed by atoms with Crippen molar-refractivity contribution < 1.29 is 9.59 Å². The zero-order chi connectivity index (χ0) is 37.2. The van der Waals surface area contributed by atoms with Gasteiger partial charge in [0.15, 0.2) is 11.6 Å². The largest absolute Gasteiger partial charge is 0.310 e. The van der Waals surface area contributed by atoms with Crippen LogP contribution in [0.5, 0.6) is 0 Å². The van der Waals surface area contributed by atoms with Gasteiger partial charge in [-0.2, -0.15) is 0 Å². The minimum Gasteiger partial charge on any atom is -0.310 e. The molecule has 0 radical (unpaired) electrons. The first kappa shape index (κ1) is 33.3. The van der Waals surface area contributed by atoms with Gasteiger partial charge < -0.3 is 9.80 Å². The van der Waals surface area contributed by atoms with Crippen LogP contribution in [0.25, 0.3) is 0 Å². The van der Waals surface area contributed by atoms with Crippen LogP contribution in [-0.4, -0.2) is 11.6 Å². The van der Waals surface area contributed by atoms with Gasteiger partial charge in [-0.05, 0) is 101 Å². The van der Waals surface area contributed by atoms with Gasteiger partial charge in [-0.15, -0.1) is 0 Å². The monoisotopic (exact) mass is 700 g/mol.